The van der Waals surface area contributed by atoms with E-state index in [0.29, 0.717) is 10.6 Å². The van der Waals surface area contributed by atoms with Gasteiger partial charge in [0.2, 0.25) is 5.91 Å². The van der Waals surface area contributed by atoms with Crippen molar-refractivity contribution in [3.63, 3.8) is 0 Å². The summed E-state index contributed by atoms with van der Waals surface area (Å²) in [5.74, 6) is -0.0490. The highest BCUT2D eigenvalue weighted by Gasteiger charge is 2.44. The zero-order valence-corrected chi connectivity index (χ0v) is 15.0. The Bertz CT molecular complexity index is 812. The van der Waals surface area contributed by atoms with E-state index in [1.54, 1.807) is 11.3 Å². The van der Waals surface area contributed by atoms with Gasteiger partial charge in [-0.05, 0) is 49.1 Å². The summed E-state index contributed by atoms with van der Waals surface area (Å²) >= 11 is 1.54. The molecular weight excluding hydrogens is 334 g/mol. The second-order valence-corrected chi connectivity index (χ2v) is 7.86. The molecule has 1 heterocycles. The van der Waals surface area contributed by atoms with Crippen LogP contribution in [-0.2, 0) is 22.4 Å². The Hall–Kier alpha value is -2.14. The molecular formula is C20H21NO3S. The van der Waals surface area contributed by atoms with Crippen molar-refractivity contribution in [3.8, 4) is 0 Å². The number of esters is 1. The molecule has 0 aliphatic heterocycles. The highest BCUT2D eigenvalue weighted by Crippen LogP contribution is 2.48. The molecule has 4 rings (SSSR count). The molecule has 2 aliphatic carbocycles. The lowest BCUT2D eigenvalue weighted by Crippen LogP contribution is -2.17. The van der Waals surface area contributed by atoms with Crippen LogP contribution in [0.15, 0.2) is 30.3 Å². The zero-order chi connectivity index (χ0) is 17.4. The fourth-order valence-electron chi connectivity index (χ4n) is 3.73. The minimum absolute atomic E-state index is 0.00738. The summed E-state index contributed by atoms with van der Waals surface area (Å²) in [6.45, 7) is 0. The minimum atomic E-state index is -0.342. The smallest absolute Gasteiger partial charge is 0.341 e. The molecule has 2 unspecified atom stereocenters. The summed E-state index contributed by atoms with van der Waals surface area (Å²) in [7, 11) is 1.40. The van der Waals surface area contributed by atoms with E-state index in [1.807, 2.05) is 18.2 Å². The van der Waals surface area contributed by atoms with Crippen LogP contribution in [0, 0.1) is 5.92 Å². The Labute approximate surface area is 151 Å². The molecule has 1 fully saturated rings. The maximum atomic E-state index is 12.7. The molecule has 0 spiro atoms. The lowest BCUT2D eigenvalue weighted by Gasteiger charge is -2.11. The number of thiophene rings is 1. The average molecular weight is 355 g/mol. The van der Waals surface area contributed by atoms with Crippen molar-refractivity contribution in [2.45, 2.75) is 38.0 Å². The topological polar surface area (TPSA) is 55.4 Å². The van der Waals surface area contributed by atoms with Crippen molar-refractivity contribution in [2.24, 2.45) is 5.92 Å². The maximum Gasteiger partial charge on any atom is 0.341 e. The van der Waals surface area contributed by atoms with Crippen LogP contribution in [0.2, 0.25) is 0 Å². The predicted molar refractivity (Wildman–Crippen MR) is 98.2 cm³/mol. The van der Waals surface area contributed by atoms with Crippen LogP contribution >= 0.6 is 11.3 Å². The number of hydrogen-bond acceptors (Lipinski definition) is 4. The van der Waals surface area contributed by atoms with E-state index in [4.69, 9.17) is 4.74 Å². The van der Waals surface area contributed by atoms with Gasteiger partial charge in [-0.3, -0.25) is 4.79 Å². The quantitative estimate of drug-likeness (QED) is 0.838. The van der Waals surface area contributed by atoms with Crippen LogP contribution in [0.3, 0.4) is 0 Å². The standard InChI is InChI=1S/C20H21NO3S/c1-24-20(23)17-13-9-5-6-10-16(13)25-19(17)21-18(22)15-11-14(15)12-7-3-2-4-8-12/h2-4,7-8,14-15H,5-6,9-11H2,1H3,(H,21,22). The molecule has 2 atom stereocenters. The monoisotopic (exact) mass is 355 g/mol. The summed E-state index contributed by atoms with van der Waals surface area (Å²) in [5.41, 5.74) is 2.86. The number of carbonyl (C=O) groups is 2. The summed E-state index contributed by atoms with van der Waals surface area (Å²) < 4.78 is 4.97. The van der Waals surface area contributed by atoms with Gasteiger partial charge in [0.15, 0.2) is 0 Å². The van der Waals surface area contributed by atoms with Crippen molar-refractivity contribution >= 4 is 28.2 Å². The number of methoxy groups -OCH3 is 1. The van der Waals surface area contributed by atoms with Gasteiger partial charge in [0.05, 0.1) is 12.7 Å². The van der Waals surface area contributed by atoms with Gasteiger partial charge >= 0.3 is 5.97 Å². The number of anilines is 1. The van der Waals surface area contributed by atoms with Gasteiger partial charge in [-0.25, -0.2) is 4.79 Å². The summed E-state index contributed by atoms with van der Waals surface area (Å²) in [5, 5.41) is 3.69. The van der Waals surface area contributed by atoms with E-state index in [1.165, 1.54) is 17.6 Å². The number of benzene rings is 1. The van der Waals surface area contributed by atoms with Gasteiger partial charge in [-0.15, -0.1) is 11.3 Å². The molecule has 2 aromatic rings. The largest absolute Gasteiger partial charge is 0.465 e. The van der Waals surface area contributed by atoms with Gasteiger partial charge < -0.3 is 10.1 Å². The van der Waals surface area contributed by atoms with Gasteiger partial charge in [0, 0.05) is 10.8 Å². The third-order valence-electron chi connectivity index (χ3n) is 5.15. The Morgan fingerprint density at radius 2 is 1.92 bits per heavy atom. The first kappa shape index (κ1) is 16.3. The van der Waals surface area contributed by atoms with E-state index in [2.05, 4.69) is 17.4 Å². The predicted octanol–water partition coefficient (Wildman–Crippen LogP) is 4.16. The van der Waals surface area contributed by atoms with E-state index in [9.17, 15) is 9.59 Å². The number of rotatable bonds is 4. The van der Waals surface area contributed by atoms with Crippen molar-refractivity contribution in [2.75, 3.05) is 12.4 Å². The molecule has 4 nitrogen and oxygen atoms in total. The molecule has 0 bridgehead atoms. The Kier molecular flexibility index (Phi) is 4.34. The van der Waals surface area contributed by atoms with E-state index in [-0.39, 0.29) is 23.7 Å². The van der Waals surface area contributed by atoms with E-state index >= 15 is 0 Å². The number of fused-ring (bicyclic) bond motifs is 1. The maximum absolute atomic E-state index is 12.7. The highest BCUT2D eigenvalue weighted by molar-refractivity contribution is 7.17. The molecule has 2 aliphatic rings. The first-order valence-corrected chi connectivity index (χ1v) is 9.59. The fraction of sp³-hybridized carbons (Fsp3) is 0.400. The Balaban J connectivity index is 1.54. The van der Waals surface area contributed by atoms with Crippen molar-refractivity contribution in [3.05, 3.63) is 51.9 Å². The second kappa shape index (κ2) is 6.64. The van der Waals surface area contributed by atoms with Crippen LogP contribution in [0.5, 0.6) is 0 Å². The van der Waals surface area contributed by atoms with E-state index < -0.39 is 0 Å². The van der Waals surface area contributed by atoms with E-state index in [0.717, 1.165) is 37.7 Å². The molecule has 5 heteroatoms. The Morgan fingerprint density at radius 1 is 1.16 bits per heavy atom. The SMILES string of the molecule is COC(=O)c1c(NC(=O)C2CC2c2ccccc2)sc2c1CCCC2. The van der Waals surface area contributed by atoms with Gasteiger partial charge in [-0.2, -0.15) is 0 Å². The number of carbonyl (C=O) groups excluding carboxylic acids is 2. The number of amides is 1. The minimum Gasteiger partial charge on any atom is -0.465 e. The fourth-order valence-corrected chi connectivity index (χ4v) is 5.01. The molecule has 1 aromatic heterocycles. The molecule has 130 valence electrons. The first-order valence-electron chi connectivity index (χ1n) is 8.77. The lowest BCUT2D eigenvalue weighted by molar-refractivity contribution is -0.117. The number of hydrogen-bond donors (Lipinski definition) is 1. The van der Waals surface area contributed by atoms with Crippen molar-refractivity contribution in [1.82, 2.24) is 0 Å². The van der Waals surface area contributed by atoms with Crippen LogP contribution < -0.4 is 5.32 Å². The lowest BCUT2D eigenvalue weighted by atomic mass is 9.95. The third-order valence-corrected chi connectivity index (χ3v) is 6.36. The van der Waals surface area contributed by atoms with Gasteiger partial charge in [0.1, 0.15) is 5.00 Å². The van der Waals surface area contributed by atoms with Crippen molar-refractivity contribution in [1.29, 1.82) is 0 Å². The number of aryl methyl sites for hydroxylation is 1. The normalized spacial score (nSPS) is 21.3. The Morgan fingerprint density at radius 3 is 2.68 bits per heavy atom. The van der Waals surface area contributed by atoms with Crippen LogP contribution in [0.4, 0.5) is 5.00 Å². The molecule has 1 N–H and O–H groups in total. The van der Waals surface area contributed by atoms with Crippen molar-refractivity contribution < 1.29 is 14.3 Å². The summed E-state index contributed by atoms with van der Waals surface area (Å²) in [6, 6.07) is 10.1. The summed E-state index contributed by atoms with van der Waals surface area (Å²) in [4.78, 5) is 26.2. The number of ether oxygens (including phenoxy) is 1. The van der Waals surface area contributed by atoms with Crippen LogP contribution in [-0.4, -0.2) is 19.0 Å². The van der Waals surface area contributed by atoms with Crippen LogP contribution in [0.25, 0.3) is 0 Å². The highest BCUT2D eigenvalue weighted by atomic mass is 32.1. The molecule has 1 saturated carbocycles. The van der Waals surface area contributed by atoms with Gasteiger partial charge in [-0.1, -0.05) is 30.3 Å². The summed E-state index contributed by atoms with van der Waals surface area (Å²) in [6.07, 6.45) is 4.96. The first-order chi connectivity index (χ1) is 12.2. The molecule has 1 amide bonds. The zero-order valence-electron chi connectivity index (χ0n) is 14.2. The van der Waals surface area contributed by atoms with Crippen LogP contribution in [0.1, 0.15) is 51.5 Å². The molecule has 0 saturated heterocycles. The van der Waals surface area contributed by atoms with Gasteiger partial charge in [0.25, 0.3) is 0 Å². The molecule has 25 heavy (non-hydrogen) atoms. The number of nitrogens with one attached hydrogen (secondary N) is 1. The average Bonchev–Trinajstić information content (AvgIpc) is 3.37. The molecule has 1 aromatic carbocycles. The molecule has 0 radical (unpaired) electrons. The third kappa shape index (κ3) is 3.09. The second-order valence-electron chi connectivity index (χ2n) is 6.76.